The first kappa shape index (κ1) is 18.4. The number of ether oxygens (including phenoxy) is 1. The van der Waals surface area contributed by atoms with Gasteiger partial charge in [0.25, 0.3) is 5.91 Å². The molecule has 0 bridgehead atoms. The van der Waals surface area contributed by atoms with Crippen molar-refractivity contribution < 1.29 is 9.53 Å². The van der Waals surface area contributed by atoms with Gasteiger partial charge in [0.2, 0.25) is 0 Å². The maximum atomic E-state index is 13.2. The van der Waals surface area contributed by atoms with Crippen LogP contribution in [-0.2, 0) is 0 Å². The summed E-state index contributed by atoms with van der Waals surface area (Å²) in [5.74, 6) is 0.677. The van der Waals surface area contributed by atoms with Crippen molar-refractivity contribution in [3.8, 4) is 5.75 Å². The molecule has 3 aromatic carbocycles. The number of carbonyl (C=O) groups excluding carboxylic acids is 1. The van der Waals surface area contributed by atoms with Gasteiger partial charge in [0.05, 0.1) is 18.9 Å². The molecule has 0 radical (unpaired) electrons. The van der Waals surface area contributed by atoms with Crippen molar-refractivity contribution in [2.45, 2.75) is 12.5 Å². The Morgan fingerprint density at radius 1 is 1.00 bits per heavy atom. The molecule has 0 spiro atoms. The molecular formula is C23H19BrN2O2. The van der Waals surface area contributed by atoms with Gasteiger partial charge in [-0.25, -0.2) is 5.01 Å². The van der Waals surface area contributed by atoms with Crippen LogP contribution in [0.1, 0.15) is 33.9 Å². The Kier molecular flexibility index (Phi) is 5.26. The van der Waals surface area contributed by atoms with Crippen LogP contribution in [0, 0.1) is 0 Å². The minimum Gasteiger partial charge on any atom is -0.497 e. The number of hydrogen-bond acceptors (Lipinski definition) is 3. The maximum absolute atomic E-state index is 13.2. The fourth-order valence-corrected chi connectivity index (χ4v) is 3.58. The van der Waals surface area contributed by atoms with Crippen molar-refractivity contribution in [2.24, 2.45) is 5.10 Å². The Morgan fingerprint density at radius 2 is 1.68 bits per heavy atom. The minimum absolute atomic E-state index is 0.112. The van der Waals surface area contributed by atoms with Gasteiger partial charge in [0.1, 0.15) is 5.75 Å². The van der Waals surface area contributed by atoms with Gasteiger partial charge < -0.3 is 4.74 Å². The second kappa shape index (κ2) is 7.98. The summed E-state index contributed by atoms with van der Waals surface area (Å²) < 4.78 is 6.20. The molecule has 4 rings (SSSR count). The zero-order valence-electron chi connectivity index (χ0n) is 15.4. The molecule has 1 aliphatic rings. The summed E-state index contributed by atoms with van der Waals surface area (Å²) in [6, 6.07) is 25.0. The largest absolute Gasteiger partial charge is 0.497 e. The van der Waals surface area contributed by atoms with Crippen LogP contribution in [-0.4, -0.2) is 23.7 Å². The van der Waals surface area contributed by atoms with Crippen molar-refractivity contribution in [2.75, 3.05) is 7.11 Å². The summed E-state index contributed by atoms with van der Waals surface area (Å²) in [6.45, 7) is 0. The number of benzene rings is 3. The highest BCUT2D eigenvalue weighted by molar-refractivity contribution is 9.10. The normalized spacial score (nSPS) is 16.0. The zero-order valence-corrected chi connectivity index (χ0v) is 17.0. The summed E-state index contributed by atoms with van der Waals surface area (Å²) in [5, 5.41) is 6.32. The van der Waals surface area contributed by atoms with Crippen molar-refractivity contribution in [3.05, 3.63) is 100 Å². The molecule has 0 aliphatic carbocycles. The van der Waals surface area contributed by atoms with Crippen LogP contribution in [0.5, 0.6) is 5.75 Å². The first-order valence-corrected chi connectivity index (χ1v) is 9.81. The number of methoxy groups -OCH3 is 1. The molecule has 1 heterocycles. The third-order valence-electron chi connectivity index (χ3n) is 4.82. The van der Waals surface area contributed by atoms with Gasteiger partial charge in [-0.15, -0.1) is 0 Å². The molecule has 1 amide bonds. The lowest BCUT2D eigenvalue weighted by Gasteiger charge is -2.22. The highest BCUT2D eigenvalue weighted by atomic mass is 79.9. The lowest BCUT2D eigenvalue weighted by atomic mass is 9.98. The van der Waals surface area contributed by atoms with Crippen molar-refractivity contribution >= 4 is 27.5 Å². The number of amides is 1. The predicted molar refractivity (Wildman–Crippen MR) is 114 cm³/mol. The Morgan fingerprint density at radius 3 is 2.32 bits per heavy atom. The lowest BCUT2D eigenvalue weighted by Crippen LogP contribution is -2.27. The molecule has 28 heavy (non-hydrogen) atoms. The molecular weight excluding hydrogens is 416 g/mol. The molecule has 0 fully saturated rings. The Labute approximate surface area is 172 Å². The fraction of sp³-hybridized carbons (Fsp3) is 0.130. The summed E-state index contributed by atoms with van der Waals surface area (Å²) in [7, 11) is 1.64. The highest BCUT2D eigenvalue weighted by Crippen LogP contribution is 2.34. The van der Waals surface area contributed by atoms with Crippen molar-refractivity contribution in [1.82, 2.24) is 5.01 Å². The fourth-order valence-electron chi connectivity index (χ4n) is 3.31. The van der Waals surface area contributed by atoms with E-state index >= 15 is 0 Å². The zero-order chi connectivity index (χ0) is 19.5. The van der Waals surface area contributed by atoms with Gasteiger partial charge in [0, 0.05) is 16.5 Å². The average Bonchev–Trinajstić information content (AvgIpc) is 3.20. The lowest BCUT2D eigenvalue weighted by molar-refractivity contribution is 0.0711. The molecule has 0 aromatic heterocycles. The van der Waals surface area contributed by atoms with Crippen LogP contribution in [0.15, 0.2) is 88.4 Å². The van der Waals surface area contributed by atoms with E-state index in [1.165, 1.54) is 0 Å². The molecule has 0 saturated carbocycles. The topological polar surface area (TPSA) is 41.9 Å². The quantitative estimate of drug-likeness (QED) is 0.547. The van der Waals surface area contributed by atoms with E-state index in [-0.39, 0.29) is 11.9 Å². The summed E-state index contributed by atoms with van der Waals surface area (Å²) >= 11 is 3.42. The molecule has 5 heteroatoms. The van der Waals surface area contributed by atoms with Crippen molar-refractivity contribution in [1.29, 1.82) is 0 Å². The molecule has 1 aliphatic heterocycles. The highest BCUT2D eigenvalue weighted by Gasteiger charge is 2.33. The number of hydrogen-bond donors (Lipinski definition) is 0. The van der Waals surface area contributed by atoms with E-state index in [2.05, 4.69) is 15.9 Å². The Bertz CT molecular complexity index is 999. The van der Waals surface area contributed by atoms with Gasteiger partial charge in [-0.05, 0) is 47.5 Å². The van der Waals surface area contributed by atoms with E-state index < -0.39 is 0 Å². The van der Waals surface area contributed by atoms with E-state index in [1.54, 1.807) is 12.1 Å². The summed E-state index contributed by atoms with van der Waals surface area (Å²) in [4.78, 5) is 13.2. The number of halogens is 1. The average molecular weight is 435 g/mol. The van der Waals surface area contributed by atoms with Crippen molar-refractivity contribution in [3.63, 3.8) is 0 Å². The van der Waals surface area contributed by atoms with E-state index in [1.807, 2.05) is 78.9 Å². The SMILES string of the molecule is COc1ccc([C@H]2CC(c3ccccc3)=NN2C(=O)c2ccc(Br)cc2)cc1. The second-order valence-electron chi connectivity index (χ2n) is 6.56. The third-order valence-corrected chi connectivity index (χ3v) is 5.35. The number of rotatable bonds is 4. The number of carbonyl (C=O) groups is 1. The summed E-state index contributed by atoms with van der Waals surface area (Å²) in [6.07, 6.45) is 0.665. The van der Waals surface area contributed by atoms with Crippen LogP contribution < -0.4 is 4.74 Å². The Hall–Kier alpha value is -2.92. The van der Waals surface area contributed by atoms with Crippen LogP contribution in [0.4, 0.5) is 0 Å². The van der Waals surface area contributed by atoms with Crippen LogP contribution in [0.25, 0.3) is 0 Å². The van der Waals surface area contributed by atoms with E-state index in [0.717, 1.165) is 27.1 Å². The van der Waals surface area contributed by atoms with E-state index in [4.69, 9.17) is 9.84 Å². The van der Waals surface area contributed by atoms with E-state index in [0.29, 0.717) is 12.0 Å². The molecule has 3 aromatic rings. The van der Waals surface area contributed by atoms with Gasteiger partial charge >= 0.3 is 0 Å². The third kappa shape index (κ3) is 3.71. The van der Waals surface area contributed by atoms with Gasteiger partial charge in [-0.1, -0.05) is 58.4 Å². The molecule has 1 atom stereocenters. The minimum atomic E-state index is -0.155. The number of nitrogens with zero attached hydrogens (tertiary/aromatic N) is 2. The van der Waals surface area contributed by atoms with Gasteiger partial charge in [0.15, 0.2) is 0 Å². The predicted octanol–water partition coefficient (Wildman–Crippen LogP) is 5.45. The van der Waals surface area contributed by atoms with Crippen LogP contribution >= 0.6 is 15.9 Å². The smallest absolute Gasteiger partial charge is 0.274 e. The summed E-state index contributed by atoms with van der Waals surface area (Å²) in [5.41, 5.74) is 3.58. The monoisotopic (exact) mass is 434 g/mol. The molecule has 0 N–H and O–H groups in total. The molecule has 140 valence electrons. The first-order valence-electron chi connectivity index (χ1n) is 9.01. The van der Waals surface area contributed by atoms with Gasteiger partial charge in [-0.3, -0.25) is 4.79 Å². The first-order chi connectivity index (χ1) is 13.7. The van der Waals surface area contributed by atoms with Gasteiger partial charge in [-0.2, -0.15) is 5.10 Å². The number of hydrazone groups is 1. The maximum Gasteiger partial charge on any atom is 0.274 e. The van der Waals surface area contributed by atoms with Crippen LogP contribution in [0.3, 0.4) is 0 Å². The van der Waals surface area contributed by atoms with E-state index in [9.17, 15) is 4.79 Å². The standard InChI is InChI=1S/C23H19BrN2O2/c1-28-20-13-9-17(10-14-20)22-15-21(16-5-3-2-4-6-16)25-26(22)23(27)18-7-11-19(24)12-8-18/h2-14,22H,15H2,1H3/t22-/m1/s1. The molecule has 0 unspecified atom stereocenters. The Balaban J connectivity index is 1.71. The molecule has 0 saturated heterocycles. The van der Waals surface area contributed by atoms with Crippen LogP contribution in [0.2, 0.25) is 0 Å². The molecule has 4 nitrogen and oxygen atoms in total. The second-order valence-corrected chi connectivity index (χ2v) is 7.48.